The Labute approximate surface area is 78.5 Å². The maximum atomic E-state index is 10.5. The van der Waals surface area contributed by atoms with E-state index in [-0.39, 0.29) is 18.9 Å². The van der Waals surface area contributed by atoms with Crippen molar-refractivity contribution in [3.05, 3.63) is 11.6 Å². The van der Waals surface area contributed by atoms with E-state index < -0.39 is 0 Å². The first-order valence-electron chi connectivity index (χ1n) is 3.96. The number of hydrogen-bond donors (Lipinski definition) is 0. The van der Waals surface area contributed by atoms with E-state index in [2.05, 4.69) is 0 Å². The summed E-state index contributed by atoms with van der Waals surface area (Å²) < 4.78 is 14.7. The second kappa shape index (κ2) is 6.62. The Morgan fingerprint density at radius 2 is 1.85 bits per heavy atom. The maximum Gasteiger partial charge on any atom is 0.302 e. The zero-order valence-electron chi connectivity index (χ0n) is 8.49. The molecule has 4 nitrogen and oxygen atoms in total. The minimum atomic E-state index is -0.379. The lowest BCUT2D eigenvalue weighted by Crippen LogP contribution is -2.11. The highest BCUT2D eigenvalue weighted by atomic mass is 16.7. The highest BCUT2D eigenvalue weighted by Gasteiger charge is 2.01. The molecule has 0 aromatic rings. The average molecular weight is 188 g/mol. The van der Waals surface area contributed by atoms with Gasteiger partial charge in [-0.15, -0.1) is 0 Å². The standard InChI is InChI=1S/C9H16O4/c1-7(6-13-8(2)10)5-9(11-3)12-4/h5,9H,6H2,1-4H3/b7-5+. The summed E-state index contributed by atoms with van der Waals surface area (Å²) in [6, 6.07) is 0. The van der Waals surface area contributed by atoms with Crippen LogP contribution in [0.3, 0.4) is 0 Å². The first-order valence-corrected chi connectivity index (χ1v) is 3.96. The van der Waals surface area contributed by atoms with Gasteiger partial charge < -0.3 is 14.2 Å². The van der Waals surface area contributed by atoms with E-state index in [1.807, 2.05) is 6.92 Å². The van der Waals surface area contributed by atoms with Gasteiger partial charge in [0.2, 0.25) is 0 Å². The molecule has 76 valence electrons. The van der Waals surface area contributed by atoms with E-state index in [0.717, 1.165) is 5.57 Å². The maximum absolute atomic E-state index is 10.5. The topological polar surface area (TPSA) is 44.8 Å². The lowest BCUT2D eigenvalue weighted by atomic mass is 10.3. The number of ether oxygens (including phenoxy) is 3. The van der Waals surface area contributed by atoms with Crippen LogP contribution in [0.5, 0.6) is 0 Å². The summed E-state index contributed by atoms with van der Waals surface area (Å²) in [6.07, 6.45) is 1.37. The monoisotopic (exact) mass is 188 g/mol. The van der Waals surface area contributed by atoms with E-state index in [1.165, 1.54) is 6.92 Å². The summed E-state index contributed by atoms with van der Waals surface area (Å²) in [6.45, 7) is 3.49. The lowest BCUT2D eigenvalue weighted by Gasteiger charge is -2.10. The van der Waals surface area contributed by atoms with Crippen LogP contribution in [-0.2, 0) is 19.0 Å². The minimum Gasteiger partial charge on any atom is -0.461 e. The van der Waals surface area contributed by atoms with Crippen molar-refractivity contribution in [1.29, 1.82) is 0 Å². The lowest BCUT2D eigenvalue weighted by molar-refractivity contribution is -0.140. The molecule has 0 unspecified atom stereocenters. The van der Waals surface area contributed by atoms with Crippen LogP contribution < -0.4 is 0 Å². The number of carbonyl (C=O) groups excluding carboxylic acids is 1. The third kappa shape index (κ3) is 6.31. The summed E-state index contributed by atoms with van der Waals surface area (Å²) in [7, 11) is 3.09. The molecule has 0 N–H and O–H groups in total. The van der Waals surface area contributed by atoms with Gasteiger partial charge in [-0.1, -0.05) is 0 Å². The van der Waals surface area contributed by atoms with E-state index in [9.17, 15) is 4.79 Å². The van der Waals surface area contributed by atoms with E-state index in [0.29, 0.717) is 0 Å². The molecule has 0 aliphatic rings. The Bertz CT molecular complexity index is 182. The van der Waals surface area contributed by atoms with E-state index in [1.54, 1.807) is 20.3 Å². The van der Waals surface area contributed by atoms with Gasteiger partial charge in [0.25, 0.3) is 0 Å². The first kappa shape index (κ1) is 12.1. The second-order valence-corrected chi connectivity index (χ2v) is 2.63. The second-order valence-electron chi connectivity index (χ2n) is 2.63. The van der Waals surface area contributed by atoms with E-state index in [4.69, 9.17) is 14.2 Å². The highest BCUT2D eigenvalue weighted by molar-refractivity contribution is 5.66. The Kier molecular flexibility index (Phi) is 6.18. The van der Waals surface area contributed by atoms with Gasteiger partial charge in [-0.25, -0.2) is 0 Å². The molecule has 0 rings (SSSR count). The fraction of sp³-hybridized carbons (Fsp3) is 0.667. The molecule has 0 bridgehead atoms. The summed E-state index contributed by atoms with van der Waals surface area (Å²) in [5.74, 6) is -0.292. The molecule has 0 aliphatic heterocycles. The van der Waals surface area contributed by atoms with Crippen LogP contribution >= 0.6 is 0 Å². The first-order chi connectivity index (χ1) is 6.10. The summed E-state index contributed by atoms with van der Waals surface area (Å²) in [4.78, 5) is 10.5. The third-order valence-electron chi connectivity index (χ3n) is 1.39. The van der Waals surface area contributed by atoms with Gasteiger partial charge in [0.15, 0.2) is 6.29 Å². The molecular weight excluding hydrogens is 172 g/mol. The van der Waals surface area contributed by atoms with Crippen molar-refractivity contribution in [2.24, 2.45) is 0 Å². The number of carbonyl (C=O) groups is 1. The quantitative estimate of drug-likeness (QED) is 0.368. The normalized spacial score (nSPS) is 11.9. The van der Waals surface area contributed by atoms with Crippen LogP contribution in [0.2, 0.25) is 0 Å². The SMILES string of the molecule is COC(/C=C(\C)COC(C)=O)OC. The molecule has 4 heteroatoms. The van der Waals surface area contributed by atoms with Crippen LogP contribution in [0.4, 0.5) is 0 Å². The molecule has 0 aromatic heterocycles. The average Bonchev–Trinajstić information content (AvgIpc) is 2.10. The van der Waals surface area contributed by atoms with Gasteiger partial charge in [0, 0.05) is 21.1 Å². The molecule has 0 radical (unpaired) electrons. The van der Waals surface area contributed by atoms with Gasteiger partial charge in [0.05, 0.1) is 0 Å². The van der Waals surface area contributed by atoms with Crippen molar-refractivity contribution >= 4 is 5.97 Å². The van der Waals surface area contributed by atoms with Gasteiger partial charge in [-0.05, 0) is 18.6 Å². The number of esters is 1. The molecule has 0 heterocycles. The molecule has 0 aliphatic carbocycles. The molecule has 0 saturated heterocycles. The fourth-order valence-corrected chi connectivity index (χ4v) is 0.728. The molecule has 0 aromatic carbocycles. The fourth-order valence-electron chi connectivity index (χ4n) is 0.728. The van der Waals surface area contributed by atoms with E-state index >= 15 is 0 Å². The zero-order valence-corrected chi connectivity index (χ0v) is 8.49. The molecule has 0 atom stereocenters. The van der Waals surface area contributed by atoms with Crippen LogP contribution in [0.15, 0.2) is 11.6 Å². The largest absolute Gasteiger partial charge is 0.461 e. The molecule has 13 heavy (non-hydrogen) atoms. The summed E-state index contributed by atoms with van der Waals surface area (Å²) >= 11 is 0. The predicted molar refractivity (Wildman–Crippen MR) is 48.2 cm³/mol. The molecule has 0 amide bonds. The van der Waals surface area contributed by atoms with Gasteiger partial charge in [-0.3, -0.25) is 4.79 Å². The summed E-state index contributed by atoms with van der Waals surface area (Å²) in [5.41, 5.74) is 0.893. The smallest absolute Gasteiger partial charge is 0.302 e. The Balaban J connectivity index is 3.91. The minimum absolute atomic E-state index is 0.276. The Morgan fingerprint density at radius 3 is 2.23 bits per heavy atom. The van der Waals surface area contributed by atoms with Crippen molar-refractivity contribution in [1.82, 2.24) is 0 Å². The van der Waals surface area contributed by atoms with Crippen molar-refractivity contribution in [3.8, 4) is 0 Å². The van der Waals surface area contributed by atoms with Gasteiger partial charge >= 0.3 is 5.97 Å². The zero-order chi connectivity index (χ0) is 10.3. The van der Waals surface area contributed by atoms with Crippen molar-refractivity contribution in [2.75, 3.05) is 20.8 Å². The summed E-state index contributed by atoms with van der Waals surface area (Å²) in [5, 5.41) is 0. The molecule has 0 spiro atoms. The molecule has 0 saturated carbocycles. The molecule has 0 fully saturated rings. The van der Waals surface area contributed by atoms with Crippen molar-refractivity contribution < 1.29 is 19.0 Å². The Hall–Kier alpha value is -0.870. The number of rotatable bonds is 5. The van der Waals surface area contributed by atoms with Crippen molar-refractivity contribution in [3.63, 3.8) is 0 Å². The van der Waals surface area contributed by atoms with Crippen LogP contribution in [0, 0.1) is 0 Å². The predicted octanol–water partition coefficient (Wildman–Crippen LogP) is 1.11. The molecular formula is C9H16O4. The third-order valence-corrected chi connectivity index (χ3v) is 1.39. The van der Waals surface area contributed by atoms with Crippen LogP contribution in [0.1, 0.15) is 13.8 Å². The number of methoxy groups -OCH3 is 2. The van der Waals surface area contributed by atoms with Gasteiger partial charge in [0.1, 0.15) is 6.61 Å². The van der Waals surface area contributed by atoms with Crippen LogP contribution in [-0.4, -0.2) is 33.1 Å². The highest BCUT2D eigenvalue weighted by Crippen LogP contribution is 2.00. The van der Waals surface area contributed by atoms with Crippen molar-refractivity contribution in [2.45, 2.75) is 20.1 Å². The Morgan fingerprint density at radius 1 is 1.31 bits per heavy atom. The van der Waals surface area contributed by atoms with Crippen LogP contribution in [0.25, 0.3) is 0 Å². The van der Waals surface area contributed by atoms with Gasteiger partial charge in [-0.2, -0.15) is 0 Å². The number of hydrogen-bond acceptors (Lipinski definition) is 4.